The van der Waals surface area contributed by atoms with Gasteiger partial charge in [0.25, 0.3) is 0 Å². The lowest BCUT2D eigenvalue weighted by Crippen LogP contribution is -2.38. The smallest absolute Gasteiger partial charge is 0.0967 e. The fraction of sp³-hybridized carbons (Fsp3) is 0.923. The SMILES string of the molecule is COCCN(CCC(C#N)NC(C)C)C1CC1. The Morgan fingerprint density at radius 2 is 2.12 bits per heavy atom. The average Bonchev–Trinajstić information content (AvgIpc) is 3.11. The van der Waals surface area contributed by atoms with Crippen molar-refractivity contribution >= 4 is 0 Å². The van der Waals surface area contributed by atoms with Gasteiger partial charge < -0.3 is 4.74 Å². The van der Waals surface area contributed by atoms with Crippen LogP contribution in [0.5, 0.6) is 0 Å². The summed E-state index contributed by atoms with van der Waals surface area (Å²) in [5.41, 5.74) is 0. The zero-order chi connectivity index (χ0) is 12.7. The summed E-state index contributed by atoms with van der Waals surface area (Å²) in [6, 6.07) is 3.41. The van der Waals surface area contributed by atoms with E-state index in [-0.39, 0.29) is 6.04 Å². The van der Waals surface area contributed by atoms with Gasteiger partial charge in [0.15, 0.2) is 0 Å². The Morgan fingerprint density at radius 1 is 1.41 bits per heavy atom. The third kappa shape index (κ3) is 6.02. The van der Waals surface area contributed by atoms with Crippen molar-refractivity contribution in [2.24, 2.45) is 0 Å². The molecule has 0 bridgehead atoms. The standard InChI is InChI=1S/C13H25N3O/c1-11(2)15-12(10-14)6-7-16(8-9-17-3)13-4-5-13/h11-13,15H,4-9H2,1-3H3. The zero-order valence-electron chi connectivity index (χ0n) is 11.3. The molecule has 1 aliphatic carbocycles. The van der Waals surface area contributed by atoms with Crippen LogP contribution < -0.4 is 5.32 Å². The number of nitriles is 1. The second-order valence-electron chi connectivity index (χ2n) is 5.05. The molecule has 0 heterocycles. The van der Waals surface area contributed by atoms with E-state index in [1.165, 1.54) is 12.8 Å². The molecule has 4 nitrogen and oxygen atoms in total. The Labute approximate surface area is 105 Å². The zero-order valence-corrected chi connectivity index (χ0v) is 11.3. The Bertz CT molecular complexity index is 246. The molecule has 1 atom stereocenters. The fourth-order valence-electron chi connectivity index (χ4n) is 2.01. The molecule has 1 unspecified atom stereocenters. The van der Waals surface area contributed by atoms with Crippen molar-refractivity contribution in [2.75, 3.05) is 26.8 Å². The van der Waals surface area contributed by atoms with Gasteiger partial charge in [-0.25, -0.2) is 0 Å². The number of hydrogen-bond acceptors (Lipinski definition) is 4. The summed E-state index contributed by atoms with van der Waals surface area (Å²) in [5.74, 6) is 0. The number of methoxy groups -OCH3 is 1. The van der Waals surface area contributed by atoms with E-state index in [4.69, 9.17) is 10.00 Å². The van der Waals surface area contributed by atoms with Gasteiger partial charge in [-0.1, -0.05) is 0 Å². The molecule has 0 aromatic heterocycles. The molecular weight excluding hydrogens is 214 g/mol. The Hall–Kier alpha value is -0.630. The number of nitrogens with zero attached hydrogens (tertiary/aromatic N) is 2. The normalized spacial score (nSPS) is 17.4. The summed E-state index contributed by atoms with van der Waals surface area (Å²) < 4.78 is 5.13. The van der Waals surface area contributed by atoms with Crippen LogP contribution >= 0.6 is 0 Å². The van der Waals surface area contributed by atoms with Crippen molar-refractivity contribution in [3.05, 3.63) is 0 Å². The molecule has 17 heavy (non-hydrogen) atoms. The first-order chi connectivity index (χ1) is 8.17. The minimum Gasteiger partial charge on any atom is -0.383 e. The van der Waals surface area contributed by atoms with Crippen LogP contribution in [0, 0.1) is 11.3 Å². The first-order valence-electron chi connectivity index (χ1n) is 6.56. The van der Waals surface area contributed by atoms with Crippen LogP contribution in [0.1, 0.15) is 33.1 Å². The molecule has 4 heteroatoms. The highest BCUT2D eigenvalue weighted by molar-refractivity contribution is 4.93. The van der Waals surface area contributed by atoms with Crippen molar-refractivity contribution < 1.29 is 4.74 Å². The average molecular weight is 239 g/mol. The van der Waals surface area contributed by atoms with Crippen molar-refractivity contribution in [1.82, 2.24) is 10.2 Å². The number of hydrogen-bond donors (Lipinski definition) is 1. The first-order valence-corrected chi connectivity index (χ1v) is 6.56. The van der Waals surface area contributed by atoms with Crippen LogP contribution in [-0.4, -0.2) is 49.8 Å². The van der Waals surface area contributed by atoms with Gasteiger partial charge >= 0.3 is 0 Å². The highest BCUT2D eigenvalue weighted by atomic mass is 16.5. The fourth-order valence-corrected chi connectivity index (χ4v) is 2.01. The molecule has 1 saturated carbocycles. The summed E-state index contributed by atoms with van der Waals surface area (Å²) in [7, 11) is 1.74. The Balaban J connectivity index is 2.26. The lowest BCUT2D eigenvalue weighted by atomic mass is 10.2. The maximum Gasteiger partial charge on any atom is 0.0967 e. The molecule has 0 aromatic carbocycles. The summed E-state index contributed by atoms with van der Waals surface area (Å²) in [4.78, 5) is 2.45. The van der Waals surface area contributed by atoms with Crippen molar-refractivity contribution in [3.63, 3.8) is 0 Å². The van der Waals surface area contributed by atoms with Crippen molar-refractivity contribution in [3.8, 4) is 6.07 Å². The second-order valence-corrected chi connectivity index (χ2v) is 5.05. The predicted octanol–water partition coefficient (Wildman–Crippen LogP) is 1.38. The second kappa shape index (κ2) is 7.65. The van der Waals surface area contributed by atoms with Gasteiger partial charge in [-0.2, -0.15) is 5.26 Å². The highest BCUT2D eigenvalue weighted by Gasteiger charge is 2.28. The van der Waals surface area contributed by atoms with Crippen LogP contribution in [0.3, 0.4) is 0 Å². The van der Waals surface area contributed by atoms with Gasteiger partial charge in [0.05, 0.1) is 18.7 Å². The molecule has 0 saturated heterocycles. The molecule has 1 fully saturated rings. The maximum atomic E-state index is 9.06. The van der Waals surface area contributed by atoms with Gasteiger partial charge in [0.2, 0.25) is 0 Å². The first kappa shape index (κ1) is 14.4. The molecule has 1 rings (SSSR count). The van der Waals surface area contributed by atoms with E-state index in [0.717, 1.165) is 32.2 Å². The predicted molar refractivity (Wildman–Crippen MR) is 68.8 cm³/mol. The molecule has 0 aliphatic heterocycles. The monoisotopic (exact) mass is 239 g/mol. The summed E-state index contributed by atoms with van der Waals surface area (Å²) in [5, 5.41) is 12.3. The minimum absolute atomic E-state index is 0.0289. The molecule has 0 spiro atoms. The molecule has 0 radical (unpaired) electrons. The lowest BCUT2D eigenvalue weighted by molar-refractivity contribution is 0.141. The van der Waals surface area contributed by atoms with Crippen molar-refractivity contribution in [1.29, 1.82) is 5.26 Å². The largest absolute Gasteiger partial charge is 0.383 e. The van der Waals surface area contributed by atoms with E-state index < -0.39 is 0 Å². The molecule has 98 valence electrons. The maximum absolute atomic E-state index is 9.06. The van der Waals surface area contributed by atoms with Crippen molar-refractivity contribution in [2.45, 2.75) is 51.2 Å². The molecule has 0 aromatic rings. The van der Waals surface area contributed by atoms with Gasteiger partial charge in [0.1, 0.15) is 0 Å². The number of rotatable bonds is 9. The minimum atomic E-state index is -0.0289. The van der Waals surface area contributed by atoms with E-state index in [9.17, 15) is 0 Å². The number of ether oxygens (including phenoxy) is 1. The van der Waals surface area contributed by atoms with Crippen LogP contribution in [0.25, 0.3) is 0 Å². The van der Waals surface area contributed by atoms with Crippen LogP contribution in [0.4, 0.5) is 0 Å². The van der Waals surface area contributed by atoms with Crippen LogP contribution in [-0.2, 0) is 4.74 Å². The topological polar surface area (TPSA) is 48.3 Å². The van der Waals surface area contributed by atoms with Gasteiger partial charge in [-0.05, 0) is 33.1 Å². The van der Waals surface area contributed by atoms with Crippen LogP contribution in [0.15, 0.2) is 0 Å². The highest BCUT2D eigenvalue weighted by Crippen LogP contribution is 2.26. The quantitative estimate of drug-likeness (QED) is 0.660. The van der Waals surface area contributed by atoms with Gasteiger partial charge in [-0.3, -0.25) is 10.2 Å². The summed E-state index contributed by atoms with van der Waals surface area (Å²) in [6.07, 6.45) is 3.51. The summed E-state index contributed by atoms with van der Waals surface area (Å²) in [6.45, 7) is 6.92. The third-order valence-electron chi connectivity index (χ3n) is 3.04. The van der Waals surface area contributed by atoms with E-state index >= 15 is 0 Å². The molecular formula is C13H25N3O. The van der Waals surface area contributed by atoms with Gasteiger partial charge in [-0.15, -0.1) is 0 Å². The van der Waals surface area contributed by atoms with Crippen LogP contribution in [0.2, 0.25) is 0 Å². The summed E-state index contributed by atoms with van der Waals surface area (Å²) >= 11 is 0. The number of nitrogens with one attached hydrogen (secondary N) is 1. The Morgan fingerprint density at radius 3 is 2.59 bits per heavy atom. The van der Waals surface area contributed by atoms with E-state index in [1.807, 2.05) is 0 Å². The van der Waals surface area contributed by atoms with Gasteiger partial charge in [0, 0.05) is 32.3 Å². The third-order valence-corrected chi connectivity index (χ3v) is 3.04. The molecule has 0 amide bonds. The van der Waals surface area contributed by atoms with E-state index in [1.54, 1.807) is 7.11 Å². The molecule has 1 N–H and O–H groups in total. The van der Waals surface area contributed by atoms with E-state index in [0.29, 0.717) is 6.04 Å². The lowest BCUT2D eigenvalue weighted by Gasteiger charge is -2.23. The van der Waals surface area contributed by atoms with E-state index in [2.05, 4.69) is 30.1 Å². The Kier molecular flexibility index (Phi) is 6.49. The molecule has 1 aliphatic rings.